The van der Waals surface area contributed by atoms with Gasteiger partial charge in [-0.15, -0.1) is 11.3 Å². The van der Waals surface area contributed by atoms with Crippen LogP contribution in [0.4, 0.5) is 34.1 Å². The Kier molecular flexibility index (Phi) is 9.39. The van der Waals surface area contributed by atoms with Gasteiger partial charge in [0.1, 0.15) is 0 Å². The first-order valence-electron chi connectivity index (χ1n) is 23.9. The second kappa shape index (κ2) is 16.4. The van der Waals surface area contributed by atoms with Crippen LogP contribution in [0.1, 0.15) is 0 Å². The van der Waals surface area contributed by atoms with E-state index in [4.69, 9.17) is 0 Å². The van der Waals surface area contributed by atoms with Crippen LogP contribution in [0.15, 0.2) is 261 Å². The second-order valence-corrected chi connectivity index (χ2v) is 19.1. The molecule has 12 aromatic carbocycles. The maximum absolute atomic E-state index is 2.48. The molecule has 14 rings (SSSR count). The van der Waals surface area contributed by atoms with Crippen LogP contribution in [0.25, 0.3) is 91.1 Å². The van der Waals surface area contributed by atoms with E-state index in [1.54, 1.807) is 0 Å². The van der Waals surface area contributed by atoms with Crippen molar-refractivity contribution in [3.8, 4) is 16.8 Å². The van der Waals surface area contributed by atoms with E-state index in [1.165, 1.54) is 79.9 Å². The van der Waals surface area contributed by atoms with E-state index < -0.39 is 0 Å². The van der Waals surface area contributed by atoms with Crippen LogP contribution < -0.4 is 9.80 Å². The van der Waals surface area contributed by atoms with Gasteiger partial charge >= 0.3 is 0 Å². The summed E-state index contributed by atoms with van der Waals surface area (Å²) in [4.78, 5) is 4.85. The number of benzene rings is 12. The molecule has 0 radical (unpaired) electrons. The van der Waals surface area contributed by atoms with E-state index in [2.05, 4.69) is 275 Å². The monoisotopic (exact) mass is 909 g/mol. The highest BCUT2D eigenvalue weighted by Crippen LogP contribution is 2.50. The summed E-state index contributed by atoms with van der Waals surface area (Å²) in [5.41, 5.74) is 12.4. The molecule has 2 aromatic heterocycles. The molecule has 0 bridgehead atoms. The van der Waals surface area contributed by atoms with Gasteiger partial charge in [-0.3, -0.25) is 0 Å². The lowest BCUT2D eigenvalue weighted by molar-refractivity contribution is 1.19. The van der Waals surface area contributed by atoms with Crippen LogP contribution in [0.3, 0.4) is 0 Å². The van der Waals surface area contributed by atoms with Crippen molar-refractivity contribution >= 4 is 120 Å². The lowest BCUT2D eigenvalue weighted by atomic mass is 9.93. The molecule has 0 unspecified atom stereocenters. The lowest BCUT2D eigenvalue weighted by Crippen LogP contribution is -2.13. The fraction of sp³-hybridized carbons (Fsp3) is 0. The van der Waals surface area contributed by atoms with Crippen molar-refractivity contribution in [2.24, 2.45) is 0 Å². The molecule has 2 heterocycles. The first kappa shape index (κ1) is 40.1. The van der Waals surface area contributed by atoms with Crippen molar-refractivity contribution in [1.29, 1.82) is 0 Å². The number of fused-ring (bicyclic) bond motifs is 13. The third-order valence-corrected chi connectivity index (χ3v) is 15.3. The first-order chi connectivity index (χ1) is 34.7. The predicted octanol–water partition coefficient (Wildman–Crippen LogP) is 19.2. The van der Waals surface area contributed by atoms with Crippen LogP contribution in [-0.2, 0) is 0 Å². The average molecular weight is 910 g/mol. The summed E-state index contributed by atoms with van der Waals surface area (Å²) in [6, 6.07) is 95.5. The van der Waals surface area contributed by atoms with Gasteiger partial charge in [0, 0.05) is 76.3 Å². The molecular weight excluding hydrogens is 867 g/mol. The van der Waals surface area contributed by atoms with Crippen molar-refractivity contribution in [1.82, 2.24) is 4.57 Å². The van der Waals surface area contributed by atoms with Crippen LogP contribution in [0, 0.1) is 0 Å². The number of anilines is 6. The quantitative estimate of drug-likeness (QED) is 0.141. The molecule has 70 heavy (non-hydrogen) atoms. The maximum atomic E-state index is 2.48. The largest absolute Gasteiger partial charge is 0.310 e. The number of rotatable bonds is 8. The van der Waals surface area contributed by atoms with Gasteiger partial charge in [-0.25, -0.2) is 0 Å². The van der Waals surface area contributed by atoms with E-state index in [-0.39, 0.29) is 0 Å². The average Bonchev–Trinajstić information content (AvgIpc) is 3.98. The first-order valence-corrected chi connectivity index (χ1v) is 24.7. The zero-order valence-electron chi connectivity index (χ0n) is 38.1. The summed E-state index contributed by atoms with van der Waals surface area (Å²) in [5, 5.41) is 12.5. The molecule has 0 aliphatic rings. The van der Waals surface area contributed by atoms with E-state index in [9.17, 15) is 0 Å². The third-order valence-electron chi connectivity index (χ3n) is 14.1. The molecule has 4 heteroatoms. The molecule has 0 saturated carbocycles. The Balaban J connectivity index is 1.10. The van der Waals surface area contributed by atoms with Gasteiger partial charge in [-0.1, -0.05) is 164 Å². The number of hydrogen-bond donors (Lipinski definition) is 0. The number of nitrogens with zero attached hydrogens (tertiary/aromatic N) is 3. The summed E-state index contributed by atoms with van der Waals surface area (Å²) in [6.45, 7) is 0. The molecule has 328 valence electrons. The fourth-order valence-electron chi connectivity index (χ4n) is 11.1. The maximum Gasteiger partial charge on any atom is 0.0634 e. The summed E-state index contributed by atoms with van der Waals surface area (Å²) < 4.78 is 5.01. The van der Waals surface area contributed by atoms with Gasteiger partial charge in [0.25, 0.3) is 0 Å². The van der Waals surface area contributed by atoms with E-state index in [1.807, 2.05) is 11.3 Å². The van der Waals surface area contributed by atoms with E-state index in [0.717, 1.165) is 45.4 Å². The summed E-state index contributed by atoms with van der Waals surface area (Å²) in [6.07, 6.45) is 0. The molecule has 0 amide bonds. The van der Waals surface area contributed by atoms with Gasteiger partial charge in [-0.05, 0) is 135 Å². The van der Waals surface area contributed by atoms with Gasteiger partial charge in [0.05, 0.1) is 11.0 Å². The fourth-order valence-corrected chi connectivity index (χ4v) is 12.3. The number of aromatic nitrogens is 1. The Hall–Kier alpha value is -8.96. The number of para-hydroxylation sites is 5. The van der Waals surface area contributed by atoms with Crippen molar-refractivity contribution in [3.05, 3.63) is 261 Å². The SMILES string of the molecule is c1ccc(N(c2ccccc2)c2cc(-c3cc4c5ccccc5n(-c5ccccc5)c4c4c3sc3ccccc34)cc(N(c3ccccc3)c3ccc4c5ccccc5c5ccccc5c4c3)c2)cc1. The lowest BCUT2D eigenvalue weighted by Gasteiger charge is -2.30. The number of hydrogen-bond acceptors (Lipinski definition) is 3. The Morgan fingerprint density at radius 2 is 0.757 bits per heavy atom. The highest BCUT2D eigenvalue weighted by molar-refractivity contribution is 7.26. The van der Waals surface area contributed by atoms with Crippen molar-refractivity contribution < 1.29 is 0 Å². The van der Waals surface area contributed by atoms with Gasteiger partial charge < -0.3 is 14.4 Å². The zero-order chi connectivity index (χ0) is 46.1. The minimum absolute atomic E-state index is 1.06. The Morgan fingerprint density at radius 3 is 1.34 bits per heavy atom. The molecule has 0 spiro atoms. The third kappa shape index (κ3) is 6.42. The van der Waals surface area contributed by atoms with Gasteiger partial charge in [-0.2, -0.15) is 0 Å². The van der Waals surface area contributed by atoms with Gasteiger partial charge in [0.2, 0.25) is 0 Å². The topological polar surface area (TPSA) is 11.4 Å². The normalized spacial score (nSPS) is 11.7. The Morgan fingerprint density at radius 1 is 0.300 bits per heavy atom. The van der Waals surface area contributed by atoms with Crippen molar-refractivity contribution in [2.75, 3.05) is 9.80 Å². The van der Waals surface area contributed by atoms with Crippen LogP contribution in [0.5, 0.6) is 0 Å². The summed E-state index contributed by atoms with van der Waals surface area (Å²) >= 11 is 1.89. The smallest absolute Gasteiger partial charge is 0.0634 e. The second-order valence-electron chi connectivity index (χ2n) is 18.0. The van der Waals surface area contributed by atoms with Crippen LogP contribution in [0.2, 0.25) is 0 Å². The molecular formula is C66H43N3S. The molecule has 0 atom stereocenters. The zero-order valence-corrected chi connectivity index (χ0v) is 38.9. The van der Waals surface area contributed by atoms with E-state index in [0.29, 0.717) is 0 Å². The minimum Gasteiger partial charge on any atom is -0.310 e. The van der Waals surface area contributed by atoms with Crippen molar-refractivity contribution in [3.63, 3.8) is 0 Å². The molecule has 0 aliphatic heterocycles. The predicted molar refractivity (Wildman–Crippen MR) is 301 cm³/mol. The molecule has 3 nitrogen and oxygen atoms in total. The molecule has 0 aliphatic carbocycles. The highest BCUT2D eigenvalue weighted by Gasteiger charge is 2.25. The van der Waals surface area contributed by atoms with E-state index >= 15 is 0 Å². The van der Waals surface area contributed by atoms with Crippen LogP contribution in [-0.4, -0.2) is 4.57 Å². The molecule has 14 aromatic rings. The minimum atomic E-state index is 1.06. The molecule has 0 fully saturated rings. The number of thiophene rings is 1. The summed E-state index contributed by atoms with van der Waals surface area (Å²) in [5.74, 6) is 0. The molecule has 0 saturated heterocycles. The standard InChI is InChI=1S/C66H43N3S/c1-5-21-45(22-6-1)67(46-23-7-2-8-24-46)50-39-44(59-43-61-57-33-17-19-35-62(57)69(48-27-11-4-12-28-48)65(61)64-58-34-18-20-36-63(58)70-66(59)64)40-51(41-50)68(47-25-9-3-10-26-47)49-37-38-56-54-31-14-13-29-52(54)53-30-15-16-32-55(53)60(56)42-49/h1-43H. The Labute approximate surface area is 409 Å². The van der Waals surface area contributed by atoms with Crippen LogP contribution >= 0.6 is 11.3 Å². The van der Waals surface area contributed by atoms with Gasteiger partial charge in [0.15, 0.2) is 0 Å². The molecule has 0 N–H and O–H groups in total. The van der Waals surface area contributed by atoms with Crippen molar-refractivity contribution in [2.45, 2.75) is 0 Å². The Bertz CT molecular complexity index is 4220. The summed E-state index contributed by atoms with van der Waals surface area (Å²) in [7, 11) is 0. The highest BCUT2D eigenvalue weighted by atomic mass is 32.1.